The van der Waals surface area contributed by atoms with Gasteiger partial charge in [-0.25, -0.2) is 4.98 Å². The van der Waals surface area contributed by atoms with Gasteiger partial charge in [-0.15, -0.1) is 0 Å². The monoisotopic (exact) mass is 202 g/mol. The van der Waals surface area contributed by atoms with Gasteiger partial charge < -0.3 is 10.2 Å². The van der Waals surface area contributed by atoms with E-state index in [0.717, 1.165) is 5.56 Å². The molecule has 1 aromatic carbocycles. The summed E-state index contributed by atoms with van der Waals surface area (Å²) in [4.78, 5) is 4.11. The lowest BCUT2D eigenvalue weighted by molar-refractivity contribution is 0.574. The average molecular weight is 202 g/mol. The van der Waals surface area contributed by atoms with Gasteiger partial charge in [-0.05, 0) is 30.2 Å². The Bertz CT molecular complexity index is 423. The van der Waals surface area contributed by atoms with Crippen LogP contribution in [0.1, 0.15) is 18.4 Å². The van der Waals surface area contributed by atoms with Gasteiger partial charge in [0.05, 0.1) is 6.20 Å². The van der Waals surface area contributed by atoms with Crippen LogP contribution in [0.5, 0.6) is 0 Å². The lowest BCUT2D eigenvalue weighted by Crippen LogP contribution is -2.08. The minimum atomic E-state index is 0.361. The Hall–Kier alpha value is -1.61. The summed E-state index contributed by atoms with van der Waals surface area (Å²) in [5, 5.41) is 0. The normalized spacial score (nSPS) is 12.7. The number of hydrogen-bond acceptors (Lipinski definition) is 3. The number of aromatic nitrogens is 1. The number of oxazole rings is 1. The van der Waals surface area contributed by atoms with Gasteiger partial charge in [0.1, 0.15) is 6.26 Å². The molecule has 0 aliphatic rings. The first-order chi connectivity index (χ1) is 7.31. The Balaban J connectivity index is 2.35. The molecule has 2 aromatic rings. The second-order valence-corrected chi connectivity index (χ2v) is 3.60. The Morgan fingerprint density at radius 1 is 1.47 bits per heavy atom. The van der Waals surface area contributed by atoms with Crippen molar-refractivity contribution in [1.82, 2.24) is 4.98 Å². The summed E-state index contributed by atoms with van der Waals surface area (Å²) in [6.07, 6.45) is 3.22. The number of nitrogens with two attached hydrogens (primary N) is 1. The van der Waals surface area contributed by atoms with Gasteiger partial charge in [-0.1, -0.05) is 19.1 Å². The van der Waals surface area contributed by atoms with Gasteiger partial charge in [0, 0.05) is 5.56 Å². The van der Waals surface area contributed by atoms with Gasteiger partial charge in [0.25, 0.3) is 0 Å². The van der Waals surface area contributed by atoms with E-state index in [0.29, 0.717) is 18.4 Å². The molecule has 0 saturated carbocycles. The van der Waals surface area contributed by atoms with E-state index in [9.17, 15) is 0 Å². The summed E-state index contributed by atoms with van der Waals surface area (Å²) < 4.78 is 5.25. The quantitative estimate of drug-likeness (QED) is 0.831. The predicted octanol–water partition coefficient (Wildman–Crippen LogP) is 2.40. The smallest absolute Gasteiger partial charge is 0.225 e. The van der Waals surface area contributed by atoms with E-state index in [1.807, 2.05) is 12.1 Å². The van der Waals surface area contributed by atoms with Crippen LogP contribution in [0.25, 0.3) is 11.5 Å². The van der Waals surface area contributed by atoms with Crippen molar-refractivity contribution in [2.45, 2.75) is 12.8 Å². The Morgan fingerprint density at radius 2 is 2.33 bits per heavy atom. The first-order valence-electron chi connectivity index (χ1n) is 5.01. The minimum absolute atomic E-state index is 0.361. The van der Waals surface area contributed by atoms with Crippen LogP contribution < -0.4 is 5.73 Å². The third-order valence-corrected chi connectivity index (χ3v) is 2.49. The van der Waals surface area contributed by atoms with Crippen LogP contribution >= 0.6 is 0 Å². The van der Waals surface area contributed by atoms with Crippen LogP contribution in [0.2, 0.25) is 0 Å². The van der Waals surface area contributed by atoms with Gasteiger partial charge in [-0.2, -0.15) is 0 Å². The zero-order valence-corrected chi connectivity index (χ0v) is 8.68. The van der Waals surface area contributed by atoms with Crippen molar-refractivity contribution in [2.75, 3.05) is 6.54 Å². The fourth-order valence-corrected chi connectivity index (χ4v) is 1.48. The summed E-state index contributed by atoms with van der Waals surface area (Å²) in [7, 11) is 0. The molecule has 0 amide bonds. The Labute approximate surface area is 88.9 Å². The molecule has 1 unspecified atom stereocenters. The summed E-state index contributed by atoms with van der Waals surface area (Å²) >= 11 is 0. The van der Waals surface area contributed by atoms with Crippen molar-refractivity contribution >= 4 is 0 Å². The van der Waals surface area contributed by atoms with E-state index in [4.69, 9.17) is 10.2 Å². The third-order valence-electron chi connectivity index (χ3n) is 2.49. The molecule has 0 spiro atoms. The summed E-state index contributed by atoms with van der Waals surface area (Å²) in [6, 6.07) is 8.13. The highest BCUT2D eigenvalue weighted by Gasteiger charge is 2.06. The molecular formula is C12H14N2O. The summed E-state index contributed by atoms with van der Waals surface area (Å²) in [6.45, 7) is 2.75. The second-order valence-electron chi connectivity index (χ2n) is 3.60. The Kier molecular flexibility index (Phi) is 2.83. The zero-order valence-electron chi connectivity index (χ0n) is 8.68. The molecule has 78 valence electrons. The topological polar surface area (TPSA) is 52.0 Å². The van der Waals surface area contributed by atoms with E-state index in [1.54, 1.807) is 12.5 Å². The second kappa shape index (κ2) is 4.28. The standard InChI is InChI=1S/C12H14N2O/c1-9(8-13)10-3-2-4-11(7-10)12-14-5-6-15-12/h2-7,9H,8,13H2,1H3. The van der Waals surface area contributed by atoms with Crippen molar-refractivity contribution in [3.05, 3.63) is 42.3 Å². The van der Waals surface area contributed by atoms with E-state index < -0.39 is 0 Å². The minimum Gasteiger partial charge on any atom is -0.445 e. The average Bonchev–Trinajstić information content (AvgIpc) is 2.82. The highest BCUT2D eigenvalue weighted by Crippen LogP contribution is 2.22. The van der Waals surface area contributed by atoms with Crippen LogP contribution in [0, 0.1) is 0 Å². The SMILES string of the molecule is CC(CN)c1cccc(-c2ncco2)c1. The van der Waals surface area contributed by atoms with Crippen LogP contribution in [0.15, 0.2) is 41.1 Å². The molecule has 2 rings (SSSR count). The Morgan fingerprint density at radius 3 is 3.00 bits per heavy atom. The maximum absolute atomic E-state index is 5.63. The molecule has 1 aromatic heterocycles. The molecule has 0 aliphatic heterocycles. The van der Waals surface area contributed by atoms with Crippen molar-refractivity contribution in [3.8, 4) is 11.5 Å². The molecule has 0 saturated heterocycles. The van der Waals surface area contributed by atoms with E-state index in [-0.39, 0.29) is 0 Å². The summed E-state index contributed by atoms with van der Waals surface area (Å²) in [5.74, 6) is 1.01. The molecule has 0 radical (unpaired) electrons. The first kappa shape index (κ1) is 9.93. The van der Waals surface area contributed by atoms with Crippen molar-refractivity contribution in [1.29, 1.82) is 0 Å². The lowest BCUT2D eigenvalue weighted by Gasteiger charge is -2.09. The highest BCUT2D eigenvalue weighted by molar-refractivity contribution is 5.54. The van der Waals surface area contributed by atoms with Crippen molar-refractivity contribution in [2.24, 2.45) is 5.73 Å². The molecule has 0 bridgehead atoms. The number of nitrogens with zero attached hydrogens (tertiary/aromatic N) is 1. The molecule has 0 fully saturated rings. The maximum Gasteiger partial charge on any atom is 0.225 e. The fraction of sp³-hybridized carbons (Fsp3) is 0.250. The zero-order chi connectivity index (χ0) is 10.7. The van der Waals surface area contributed by atoms with Crippen LogP contribution in [-0.4, -0.2) is 11.5 Å². The van der Waals surface area contributed by atoms with Gasteiger partial charge in [0.2, 0.25) is 5.89 Å². The first-order valence-corrected chi connectivity index (χ1v) is 5.01. The highest BCUT2D eigenvalue weighted by atomic mass is 16.3. The van der Waals surface area contributed by atoms with Crippen LogP contribution in [-0.2, 0) is 0 Å². The van der Waals surface area contributed by atoms with Gasteiger partial charge >= 0.3 is 0 Å². The molecule has 3 heteroatoms. The third kappa shape index (κ3) is 2.07. The molecule has 3 nitrogen and oxygen atoms in total. The van der Waals surface area contributed by atoms with Gasteiger partial charge in [-0.3, -0.25) is 0 Å². The van der Waals surface area contributed by atoms with Gasteiger partial charge in [0.15, 0.2) is 0 Å². The summed E-state index contributed by atoms with van der Waals surface area (Å²) in [5.41, 5.74) is 7.85. The molecular weight excluding hydrogens is 188 g/mol. The molecule has 1 heterocycles. The lowest BCUT2D eigenvalue weighted by atomic mass is 9.99. The van der Waals surface area contributed by atoms with E-state index in [2.05, 4.69) is 24.0 Å². The fourth-order valence-electron chi connectivity index (χ4n) is 1.48. The molecule has 0 aliphatic carbocycles. The largest absolute Gasteiger partial charge is 0.445 e. The van der Waals surface area contributed by atoms with E-state index in [1.165, 1.54) is 5.56 Å². The number of rotatable bonds is 3. The van der Waals surface area contributed by atoms with Crippen LogP contribution in [0.3, 0.4) is 0 Å². The van der Waals surface area contributed by atoms with Crippen molar-refractivity contribution < 1.29 is 4.42 Å². The van der Waals surface area contributed by atoms with E-state index >= 15 is 0 Å². The number of hydrogen-bond donors (Lipinski definition) is 1. The number of benzene rings is 1. The maximum atomic E-state index is 5.63. The predicted molar refractivity (Wildman–Crippen MR) is 59.4 cm³/mol. The molecule has 2 N–H and O–H groups in total. The molecule has 15 heavy (non-hydrogen) atoms. The van der Waals surface area contributed by atoms with Crippen molar-refractivity contribution in [3.63, 3.8) is 0 Å². The molecule has 1 atom stereocenters. The van der Waals surface area contributed by atoms with Crippen LogP contribution in [0.4, 0.5) is 0 Å².